The Balaban J connectivity index is 2.23. The minimum Gasteiger partial charge on any atom is -0.340 e. The summed E-state index contributed by atoms with van der Waals surface area (Å²) in [6.45, 7) is 4.33. The fourth-order valence-electron chi connectivity index (χ4n) is 2.16. The number of nitrogens with one attached hydrogen (secondary N) is 1. The van der Waals surface area contributed by atoms with Gasteiger partial charge in [0.25, 0.3) is 5.91 Å². The van der Waals surface area contributed by atoms with Gasteiger partial charge in [0.05, 0.1) is 5.69 Å². The van der Waals surface area contributed by atoms with Crippen LogP contribution in [0.25, 0.3) is 0 Å². The number of hydrogen-bond acceptors (Lipinski definition) is 4. The maximum absolute atomic E-state index is 13.7. The molecule has 7 heteroatoms. The predicted octanol–water partition coefficient (Wildman–Crippen LogP) is 3.68. The van der Waals surface area contributed by atoms with Gasteiger partial charge in [-0.15, -0.1) is 0 Å². The summed E-state index contributed by atoms with van der Waals surface area (Å²) < 4.78 is 26.7. The lowest BCUT2D eigenvalue weighted by Gasteiger charge is -2.17. The molecule has 5 nitrogen and oxygen atoms in total. The molecule has 0 unspecified atom stereocenters. The molecule has 1 aromatic heterocycles. The van der Waals surface area contributed by atoms with Gasteiger partial charge >= 0.3 is 0 Å². The zero-order valence-corrected chi connectivity index (χ0v) is 13.9. The number of aromatic nitrogens is 2. The Hall–Kier alpha value is -2.57. The Kier molecular flexibility index (Phi) is 5.78. The summed E-state index contributed by atoms with van der Waals surface area (Å²) in [4.78, 5) is 22.3. The topological polar surface area (TPSA) is 58.1 Å². The molecule has 1 N–H and O–H groups in total. The fourth-order valence-corrected chi connectivity index (χ4v) is 2.16. The number of rotatable bonds is 6. The van der Waals surface area contributed by atoms with Crippen molar-refractivity contribution < 1.29 is 13.6 Å². The molecule has 128 valence electrons. The molecule has 1 amide bonds. The number of anilines is 2. The highest BCUT2D eigenvalue weighted by Crippen LogP contribution is 2.20. The van der Waals surface area contributed by atoms with Gasteiger partial charge in [-0.3, -0.25) is 4.79 Å². The summed E-state index contributed by atoms with van der Waals surface area (Å²) in [5.41, 5.74) is 0.304. The van der Waals surface area contributed by atoms with Crippen molar-refractivity contribution in [2.24, 2.45) is 0 Å². The van der Waals surface area contributed by atoms with E-state index in [-0.39, 0.29) is 23.1 Å². The minimum atomic E-state index is -0.737. The van der Waals surface area contributed by atoms with E-state index in [4.69, 9.17) is 0 Å². The standard InChI is InChI=1S/C17H20F2N4O/c1-4-5-8-23(3)17(24)15-10-16(21-11(2)20-15)22-14-7-6-12(18)9-13(14)19/h6-7,9-10H,4-5,8H2,1-3H3,(H,20,21,22). The maximum Gasteiger partial charge on any atom is 0.272 e. The Morgan fingerprint density at radius 2 is 2.00 bits per heavy atom. The van der Waals surface area contributed by atoms with E-state index in [1.54, 1.807) is 18.9 Å². The third-order valence-electron chi connectivity index (χ3n) is 3.44. The van der Waals surface area contributed by atoms with Crippen molar-refractivity contribution in [1.82, 2.24) is 14.9 Å². The molecule has 0 aliphatic rings. The van der Waals surface area contributed by atoms with Crippen molar-refractivity contribution in [3.63, 3.8) is 0 Å². The van der Waals surface area contributed by atoms with E-state index in [2.05, 4.69) is 15.3 Å². The number of benzene rings is 1. The average molecular weight is 334 g/mol. The number of unbranched alkanes of at least 4 members (excludes halogenated alkanes) is 1. The fraction of sp³-hybridized carbons (Fsp3) is 0.353. The number of carbonyl (C=O) groups excluding carboxylic acids is 1. The van der Waals surface area contributed by atoms with Crippen molar-refractivity contribution >= 4 is 17.4 Å². The third kappa shape index (κ3) is 4.47. The van der Waals surface area contributed by atoms with Crippen molar-refractivity contribution in [1.29, 1.82) is 0 Å². The first-order chi connectivity index (χ1) is 11.4. The zero-order valence-electron chi connectivity index (χ0n) is 13.9. The van der Waals surface area contributed by atoms with Gasteiger partial charge in [0.1, 0.15) is 29.0 Å². The first kappa shape index (κ1) is 17.8. The maximum atomic E-state index is 13.7. The molecule has 0 saturated carbocycles. The first-order valence-electron chi connectivity index (χ1n) is 7.74. The van der Waals surface area contributed by atoms with Crippen LogP contribution in [0.2, 0.25) is 0 Å². The van der Waals surface area contributed by atoms with E-state index in [9.17, 15) is 13.6 Å². The Morgan fingerprint density at radius 3 is 2.67 bits per heavy atom. The molecule has 24 heavy (non-hydrogen) atoms. The summed E-state index contributed by atoms with van der Waals surface area (Å²) in [6, 6.07) is 4.66. The summed E-state index contributed by atoms with van der Waals surface area (Å²) in [7, 11) is 1.71. The van der Waals surface area contributed by atoms with E-state index in [1.807, 2.05) is 6.92 Å². The molecule has 0 spiro atoms. The van der Waals surface area contributed by atoms with E-state index >= 15 is 0 Å². The van der Waals surface area contributed by atoms with Crippen LogP contribution in [0.5, 0.6) is 0 Å². The van der Waals surface area contributed by atoms with Crippen LogP contribution in [0.3, 0.4) is 0 Å². The molecule has 0 aliphatic carbocycles. The van der Waals surface area contributed by atoms with Crippen LogP contribution in [0.15, 0.2) is 24.3 Å². The number of halogens is 2. The first-order valence-corrected chi connectivity index (χ1v) is 7.74. The van der Waals surface area contributed by atoms with Gasteiger partial charge in [-0.25, -0.2) is 18.7 Å². The van der Waals surface area contributed by atoms with E-state index < -0.39 is 11.6 Å². The monoisotopic (exact) mass is 334 g/mol. The van der Waals surface area contributed by atoms with Crippen LogP contribution in [0.4, 0.5) is 20.3 Å². The smallest absolute Gasteiger partial charge is 0.272 e. The average Bonchev–Trinajstić information content (AvgIpc) is 2.54. The summed E-state index contributed by atoms with van der Waals surface area (Å²) in [5.74, 6) is -0.962. The zero-order chi connectivity index (χ0) is 17.7. The molecule has 1 heterocycles. The summed E-state index contributed by atoms with van der Waals surface area (Å²) in [5, 5.41) is 2.75. The summed E-state index contributed by atoms with van der Waals surface area (Å²) in [6.07, 6.45) is 1.88. The highest BCUT2D eigenvalue weighted by molar-refractivity contribution is 5.93. The van der Waals surface area contributed by atoms with Crippen LogP contribution in [0.1, 0.15) is 36.1 Å². The van der Waals surface area contributed by atoms with Crippen LogP contribution in [-0.2, 0) is 0 Å². The van der Waals surface area contributed by atoms with Crippen molar-refractivity contribution in [3.8, 4) is 0 Å². The highest BCUT2D eigenvalue weighted by Gasteiger charge is 2.15. The molecule has 0 fully saturated rings. The molecular weight excluding hydrogens is 314 g/mol. The lowest BCUT2D eigenvalue weighted by molar-refractivity contribution is 0.0787. The number of amides is 1. The van der Waals surface area contributed by atoms with E-state index in [1.165, 1.54) is 12.1 Å². The predicted molar refractivity (Wildman–Crippen MR) is 88.3 cm³/mol. The quantitative estimate of drug-likeness (QED) is 0.875. The molecule has 1 aromatic carbocycles. The van der Waals surface area contributed by atoms with Gasteiger partial charge in [0, 0.05) is 25.7 Å². The molecule has 0 bridgehead atoms. The Bertz CT molecular complexity index is 737. The van der Waals surface area contributed by atoms with Gasteiger partial charge in [0.2, 0.25) is 0 Å². The normalized spacial score (nSPS) is 10.5. The lowest BCUT2D eigenvalue weighted by atomic mass is 10.2. The Labute approximate surface area is 139 Å². The van der Waals surface area contributed by atoms with Crippen molar-refractivity contribution in [3.05, 3.63) is 47.4 Å². The molecule has 2 aromatic rings. The largest absolute Gasteiger partial charge is 0.340 e. The number of hydrogen-bond donors (Lipinski definition) is 1. The summed E-state index contributed by atoms with van der Waals surface area (Å²) >= 11 is 0. The molecule has 0 radical (unpaired) electrons. The van der Waals surface area contributed by atoms with Gasteiger partial charge in [0.15, 0.2) is 0 Å². The number of carbonyl (C=O) groups is 1. The van der Waals surface area contributed by atoms with Gasteiger partial charge < -0.3 is 10.2 Å². The lowest BCUT2D eigenvalue weighted by Crippen LogP contribution is -2.28. The SMILES string of the molecule is CCCCN(C)C(=O)c1cc(Nc2ccc(F)cc2F)nc(C)n1. The van der Waals surface area contributed by atoms with Gasteiger partial charge in [-0.2, -0.15) is 0 Å². The van der Waals surface area contributed by atoms with Crippen molar-refractivity contribution in [2.45, 2.75) is 26.7 Å². The van der Waals surface area contributed by atoms with Gasteiger partial charge in [-0.1, -0.05) is 13.3 Å². The second-order valence-electron chi connectivity index (χ2n) is 5.52. The number of nitrogens with zero attached hydrogens (tertiary/aromatic N) is 3. The van der Waals surface area contributed by atoms with Crippen LogP contribution in [0, 0.1) is 18.6 Å². The second kappa shape index (κ2) is 7.81. The highest BCUT2D eigenvalue weighted by atomic mass is 19.1. The molecule has 0 atom stereocenters. The Morgan fingerprint density at radius 1 is 1.25 bits per heavy atom. The molecule has 0 saturated heterocycles. The van der Waals surface area contributed by atoms with E-state index in [0.717, 1.165) is 25.0 Å². The van der Waals surface area contributed by atoms with E-state index in [0.29, 0.717) is 12.4 Å². The minimum absolute atomic E-state index is 0.0761. The third-order valence-corrected chi connectivity index (χ3v) is 3.44. The molecule has 0 aliphatic heterocycles. The van der Waals surface area contributed by atoms with Crippen molar-refractivity contribution in [2.75, 3.05) is 18.9 Å². The van der Waals surface area contributed by atoms with Crippen LogP contribution < -0.4 is 5.32 Å². The molecular formula is C17H20F2N4O. The van der Waals surface area contributed by atoms with Crippen LogP contribution in [-0.4, -0.2) is 34.4 Å². The van der Waals surface area contributed by atoms with Crippen LogP contribution >= 0.6 is 0 Å². The second-order valence-corrected chi connectivity index (χ2v) is 5.52. The molecule has 2 rings (SSSR count). The van der Waals surface area contributed by atoms with Gasteiger partial charge in [-0.05, 0) is 25.5 Å². The number of aryl methyl sites for hydroxylation is 1.